The van der Waals surface area contributed by atoms with Crippen LogP contribution in [-0.2, 0) is 10.2 Å². The first-order valence-electron chi connectivity index (χ1n) is 4.72. The zero-order chi connectivity index (χ0) is 10.8. The molecule has 0 spiro atoms. The van der Waals surface area contributed by atoms with Crippen LogP contribution in [-0.4, -0.2) is 12.6 Å². The molecule has 0 amide bonds. The van der Waals surface area contributed by atoms with Gasteiger partial charge in [-0.25, -0.2) is 4.79 Å². The highest BCUT2D eigenvalue weighted by molar-refractivity contribution is 7.14. The van der Waals surface area contributed by atoms with Crippen LogP contribution in [0.5, 0.6) is 0 Å². The van der Waals surface area contributed by atoms with Crippen LogP contribution in [0.15, 0.2) is 12.1 Å². The number of carbonyl (C=O) groups excluding carboxylic acids is 1. The van der Waals surface area contributed by atoms with Gasteiger partial charge in [-0.15, -0.1) is 11.3 Å². The zero-order valence-corrected chi connectivity index (χ0v) is 9.90. The molecule has 0 atom stereocenters. The van der Waals surface area contributed by atoms with Gasteiger partial charge < -0.3 is 4.74 Å². The maximum Gasteiger partial charge on any atom is 0.348 e. The molecule has 2 nitrogen and oxygen atoms in total. The van der Waals surface area contributed by atoms with E-state index in [1.807, 2.05) is 19.1 Å². The Morgan fingerprint density at radius 1 is 1.43 bits per heavy atom. The van der Waals surface area contributed by atoms with Crippen molar-refractivity contribution in [3.63, 3.8) is 0 Å². The molecule has 0 bridgehead atoms. The summed E-state index contributed by atoms with van der Waals surface area (Å²) >= 11 is 1.51. The monoisotopic (exact) mass is 212 g/mol. The zero-order valence-electron chi connectivity index (χ0n) is 9.09. The van der Waals surface area contributed by atoms with Crippen molar-refractivity contribution in [3.8, 4) is 0 Å². The molecule has 0 fully saturated rings. The minimum absolute atomic E-state index is 0.107. The first-order chi connectivity index (χ1) is 6.45. The number of thiophene rings is 1. The van der Waals surface area contributed by atoms with Gasteiger partial charge in [0.1, 0.15) is 4.88 Å². The van der Waals surface area contributed by atoms with Crippen LogP contribution in [0, 0.1) is 0 Å². The highest BCUT2D eigenvalue weighted by atomic mass is 32.1. The quantitative estimate of drug-likeness (QED) is 0.703. The lowest BCUT2D eigenvalue weighted by molar-refractivity contribution is 0.0532. The van der Waals surface area contributed by atoms with Gasteiger partial charge in [0, 0.05) is 4.88 Å². The van der Waals surface area contributed by atoms with Crippen LogP contribution in [0.2, 0.25) is 0 Å². The van der Waals surface area contributed by atoms with Crippen LogP contribution in [0.1, 0.15) is 42.2 Å². The van der Waals surface area contributed by atoms with Crippen molar-refractivity contribution in [2.24, 2.45) is 0 Å². The van der Waals surface area contributed by atoms with E-state index < -0.39 is 0 Å². The third-order valence-electron chi connectivity index (χ3n) is 1.82. The van der Waals surface area contributed by atoms with Gasteiger partial charge >= 0.3 is 5.97 Å². The van der Waals surface area contributed by atoms with Gasteiger partial charge in [-0.05, 0) is 24.5 Å². The fourth-order valence-electron chi connectivity index (χ4n) is 1.05. The third kappa shape index (κ3) is 2.58. The molecule has 1 aromatic rings. The average Bonchev–Trinajstić information content (AvgIpc) is 2.51. The first kappa shape index (κ1) is 11.2. The molecule has 0 aliphatic heterocycles. The first-order valence-corrected chi connectivity index (χ1v) is 5.54. The summed E-state index contributed by atoms with van der Waals surface area (Å²) in [5.74, 6) is -0.215. The van der Waals surface area contributed by atoms with Crippen LogP contribution in [0.4, 0.5) is 0 Å². The molecule has 0 unspecified atom stereocenters. The lowest BCUT2D eigenvalue weighted by Crippen LogP contribution is -2.08. The van der Waals surface area contributed by atoms with E-state index in [1.165, 1.54) is 16.2 Å². The van der Waals surface area contributed by atoms with Gasteiger partial charge in [-0.3, -0.25) is 0 Å². The standard InChI is InChI=1S/C11H16O2S/c1-5-13-10(12)8-6-7-9(14-8)11(2,3)4/h6-7H,5H2,1-4H3. The Morgan fingerprint density at radius 3 is 2.50 bits per heavy atom. The minimum atomic E-state index is -0.215. The molecule has 0 aliphatic rings. The van der Waals surface area contributed by atoms with E-state index in [4.69, 9.17) is 4.74 Å². The summed E-state index contributed by atoms with van der Waals surface area (Å²) in [4.78, 5) is 13.3. The Labute approximate surface area is 88.9 Å². The summed E-state index contributed by atoms with van der Waals surface area (Å²) in [5, 5.41) is 0. The Morgan fingerprint density at radius 2 is 2.07 bits per heavy atom. The number of rotatable bonds is 2. The molecule has 78 valence electrons. The van der Waals surface area contributed by atoms with E-state index in [1.54, 1.807) is 0 Å². The van der Waals surface area contributed by atoms with Gasteiger partial charge in [0.05, 0.1) is 6.61 Å². The molecule has 0 saturated heterocycles. The molecule has 1 rings (SSSR count). The normalized spacial score (nSPS) is 11.4. The van der Waals surface area contributed by atoms with Crippen molar-refractivity contribution >= 4 is 17.3 Å². The molecular weight excluding hydrogens is 196 g/mol. The second kappa shape index (κ2) is 4.13. The second-order valence-corrected chi connectivity index (χ2v) is 5.22. The number of hydrogen-bond acceptors (Lipinski definition) is 3. The van der Waals surface area contributed by atoms with E-state index in [2.05, 4.69) is 20.8 Å². The third-order valence-corrected chi connectivity index (χ3v) is 3.31. The van der Waals surface area contributed by atoms with Crippen LogP contribution in [0.25, 0.3) is 0 Å². The lowest BCUT2D eigenvalue weighted by atomic mass is 9.95. The number of ether oxygens (including phenoxy) is 1. The molecule has 0 saturated carbocycles. The summed E-state index contributed by atoms with van der Waals surface area (Å²) in [6.07, 6.45) is 0. The van der Waals surface area contributed by atoms with Gasteiger partial charge in [0.25, 0.3) is 0 Å². The second-order valence-electron chi connectivity index (χ2n) is 4.13. The SMILES string of the molecule is CCOC(=O)c1ccc(C(C)(C)C)s1. The van der Waals surface area contributed by atoms with Crippen molar-refractivity contribution in [1.82, 2.24) is 0 Å². The molecule has 3 heteroatoms. The van der Waals surface area contributed by atoms with E-state index >= 15 is 0 Å². The maximum atomic E-state index is 11.4. The molecule has 0 N–H and O–H groups in total. The molecular formula is C11H16O2S. The van der Waals surface area contributed by atoms with E-state index in [0.29, 0.717) is 11.5 Å². The van der Waals surface area contributed by atoms with E-state index in [0.717, 1.165) is 0 Å². The summed E-state index contributed by atoms with van der Waals surface area (Å²) in [6.45, 7) is 8.65. The molecule has 14 heavy (non-hydrogen) atoms. The highest BCUT2D eigenvalue weighted by Crippen LogP contribution is 2.29. The van der Waals surface area contributed by atoms with Crippen LogP contribution < -0.4 is 0 Å². The molecule has 1 heterocycles. The number of carbonyl (C=O) groups is 1. The minimum Gasteiger partial charge on any atom is -0.462 e. The highest BCUT2D eigenvalue weighted by Gasteiger charge is 2.18. The Bertz CT molecular complexity index is 320. The molecule has 1 aromatic heterocycles. The predicted octanol–water partition coefficient (Wildman–Crippen LogP) is 3.22. The number of hydrogen-bond donors (Lipinski definition) is 0. The summed E-state index contributed by atoms with van der Waals surface area (Å²) < 4.78 is 4.93. The Kier molecular flexibility index (Phi) is 3.32. The topological polar surface area (TPSA) is 26.3 Å². The van der Waals surface area contributed by atoms with Crippen molar-refractivity contribution in [2.45, 2.75) is 33.1 Å². The summed E-state index contributed by atoms with van der Waals surface area (Å²) in [6, 6.07) is 3.83. The molecule has 0 aromatic carbocycles. The van der Waals surface area contributed by atoms with E-state index in [9.17, 15) is 4.79 Å². The largest absolute Gasteiger partial charge is 0.462 e. The van der Waals surface area contributed by atoms with Crippen LogP contribution in [0.3, 0.4) is 0 Å². The Hall–Kier alpha value is -0.830. The van der Waals surface area contributed by atoms with Crippen molar-refractivity contribution in [2.75, 3.05) is 6.61 Å². The van der Waals surface area contributed by atoms with Gasteiger partial charge in [-0.1, -0.05) is 20.8 Å². The van der Waals surface area contributed by atoms with E-state index in [-0.39, 0.29) is 11.4 Å². The maximum absolute atomic E-state index is 11.4. The Balaban J connectivity index is 2.83. The number of esters is 1. The average molecular weight is 212 g/mol. The fourth-order valence-corrected chi connectivity index (χ4v) is 2.01. The predicted molar refractivity (Wildman–Crippen MR) is 59.0 cm³/mol. The summed E-state index contributed by atoms with van der Waals surface area (Å²) in [5.41, 5.74) is 0.107. The van der Waals surface area contributed by atoms with Crippen molar-refractivity contribution < 1.29 is 9.53 Å². The van der Waals surface area contributed by atoms with Gasteiger partial charge in [0.2, 0.25) is 0 Å². The van der Waals surface area contributed by atoms with Crippen molar-refractivity contribution in [1.29, 1.82) is 0 Å². The molecule has 0 radical (unpaired) electrons. The van der Waals surface area contributed by atoms with Gasteiger partial charge in [-0.2, -0.15) is 0 Å². The van der Waals surface area contributed by atoms with Gasteiger partial charge in [0.15, 0.2) is 0 Å². The summed E-state index contributed by atoms with van der Waals surface area (Å²) in [7, 11) is 0. The lowest BCUT2D eigenvalue weighted by Gasteiger charge is -2.15. The smallest absolute Gasteiger partial charge is 0.348 e. The fraction of sp³-hybridized carbons (Fsp3) is 0.545. The molecule has 0 aliphatic carbocycles. The van der Waals surface area contributed by atoms with Crippen molar-refractivity contribution in [3.05, 3.63) is 21.9 Å². The van der Waals surface area contributed by atoms with Crippen LogP contribution >= 0.6 is 11.3 Å².